The molecule has 1 fully saturated rings. The van der Waals surface area contributed by atoms with Gasteiger partial charge in [-0.25, -0.2) is 18.1 Å². The molecule has 0 spiro atoms. The van der Waals surface area contributed by atoms with Gasteiger partial charge in [0.15, 0.2) is 15.5 Å². The molecule has 10 heteroatoms. The van der Waals surface area contributed by atoms with Gasteiger partial charge in [0, 0.05) is 5.56 Å². The Morgan fingerprint density at radius 3 is 2.49 bits per heavy atom. The summed E-state index contributed by atoms with van der Waals surface area (Å²) in [5, 5.41) is 7.98. The van der Waals surface area contributed by atoms with Crippen molar-refractivity contribution in [3.8, 4) is 11.3 Å². The smallest absolute Gasteiger partial charge is 0.256 e. The fourth-order valence-corrected chi connectivity index (χ4v) is 6.46. The van der Waals surface area contributed by atoms with Crippen molar-refractivity contribution in [1.82, 2.24) is 14.8 Å². The van der Waals surface area contributed by atoms with Crippen LogP contribution in [0.3, 0.4) is 0 Å². The third kappa shape index (κ3) is 4.72. The molecule has 1 saturated heterocycles. The molecule has 1 unspecified atom stereocenters. The van der Waals surface area contributed by atoms with Crippen LogP contribution in [0.15, 0.2) is 54.6 Å². The summed E-state index contributed by atoms with van der Waals surface area (Å²) in [4.78, 5) is 30.4. The molecule has 4 aromatic rings. The Morgan fingerprint density at radius 2 is 1.84 bits per heavy atom. The first-order valence-electron chi connectivity index (χ1n) is 12.1. The van der Waals surface area contributed by atoms with Gasteiger partial charge in [-0.05, 0) is 43.5 Å². The molecule has 1 aliphatic rings. The minimum Gasteiger partial charge on any atom is -0.366 e. The Kier molecular flexibility index (Phi) is 6.28. The predicted molar refractivity (Wildman–Crippen MR) is 142 cm³/mol. The third-order valence-electron chi connectivity index (χ3n) is 6.73. The average Bonchev–Trinajstić information content (AvgIpc) is 3.42. The van der Waals surface area contributed by atoms with E-state index >= 15 is 0 Å². The van der Waals surface area contributed by atoms with Gasteiger partial charge in [-0.1, -0.05) is 43.3 Å². The zero-order valence-corrected chi connectivity index (χ0v) is 21.4. The second-order valence-corrected chi connectivity index (χ2v) is 11.5. The van der Waals surface area contributed by atoms with Gasteiger partial charge in [-0.15, -0.1) is 0 Å². The summed E-state index contributed by atoms with van der Waals surface area (Å²) < 4.78 is 26.1. The monoisotopic (exact) mass is 517 g/mol. The molecule has 2 amide bonds. The maximum atomic E-state index is 13.6. The minimum absolute atomic E-state index is 0.0200. The van der Waals surface area contributed by atoms with E-state index in [0.717, 1.165) is 12.0 Å². The van der Waals surface area contributed by atoms with E-state index in [9.17, 15) is 18.0 Å². The fourth-order valence-electron chi connectivity index (χ4n) is 4.77. The Morgan fingerprint density at radius 1 is 1.11 bits per heavy atom. The number of benzene rings is 2. The normalized spacial score (nSPS) is 16.6. The molecule has 190 valence electrons. The quantitative estimate of drug-likeness (QED) is 0.400. The van der Waals surface area contributed by atoms with Crippen LogP contribution in [0.1, 0.15) is 51.4 Å². The molecule has 0 aliphatic carbocycles. The third-order valence-corrected chi connectivity index (χ3v) is 8.48. The van der Waals surface area contributed by atoms with E-state index in [4.69, 9.17) is 10.7 Å². The number of nitrogens with two attached hydrogens (primary N) is 1. The number of sulfone groups is 1. The summed E-state index contributed by atoms with van der Waals surface area (Å²) in [5.74, 6) is -1.03. The van der Waals surface area contributed by atoms with E-state index in [1.54, 1.807) is 41.9 Å². The van der Waals surface area contributed by atoms with Gasteiger partial charge < -0.3 is 11.1 Å². The lowest BCUT2D eigenvalue weighted by Crippen LogP contribution is -2.19. The van der Waals surface area contributed by atoms with E-state index in [1.807, 2.05) is 24.3 Å². The van der Waals surface area contributed by atoms with Crippen LogP contribution in [-0.4, -0.2) is 46.5 Å². The SMILES string of the molecule is CCc1ccc(-c2cc(C(=O)Nc3ccccc3C(N)=O)c3c(C)nn(C4CCS(=O)(=O)C4)c3n2)cc1. The number of aromatic nitrogens is 3. The van der Waals surface area contributed by atoms with Gasteiger partial charge in [-0.2, -0.15) is 5.10 Å². The number of carbonyl (C=O) groups is 2. The van der Waals surface area contributed by atoms with Crippen LogP contribution in [0.25, 0.3) is 22.3 Å². The highest BCUT2D eigenvalue weighted by Gasteiger charge is 2.32. The molecule has 2 aromatic heterocycles. The van der Waals surface area contributed by atoms with E-state index in [0.29, 0.717) is 40.1 Å². The van der Waals surface area contributed by atoms with Crippen LogP contribution < -0.4 is 11.1 Å². The lowest BCUT2D eigenvalue weighted by atomic mass is 10.0. The number of nitrogens with one attached hydrogen (secondary N) is 1. The van der Waals surface area contributed by atoms with Crippen LogP contribution in [0.2, 0.25) is 0 Å². The highest BCUT2D eigenvalue weighted by atomic mass is 32.2. The number of hydrogen-bond acceptors (Lipinski definition) is 6. The highest BCUT2D eigenvalue weighted by molar-refractivity contribution is 7.91. The van der Waals surface area contributed by atoms with Crippen molar-refractivity contribution in [1.29, 1.82) is 0 Å². The zero-order valence-electron chi connectivity index (χ0n) is 20.6. The molecular formula is C27H27N5O4S. The van der Waals surface area contributed by atoms with Crippen LogP contribution in [0, 0.1) is 6.92 Å². The first-order chi connectivity index (χ1) is 17.7. The van der Waals surface area contributed by atoms with E-state index < -0.39 is 21.7 Å². The molecule has 1 atom stereocenters. The van der Waals surface area contributed by atoms with Crippen molar-refractivity contribution in [2.75, 3.05) is 16.8 Å². The molecule has 3 heterocycles. The number of amides is 2. The minimum atomic E-state index is -3.16. The number of rotatable bonds is 6. The van der Waals surface area contributed by atoms with Crippen molar-refractivity contribution in [3.63, 3.8) is 0 Å². The van der Waals surface area contributed by atoms with E-state index in [2.05, 4.69) is 17.3 Å². The molecule has 0 saturated carbocycles. The molecule has 0 bridgehead atoms. The first kappa shape index (κ1) is 24.6. The number of carbonyl (C=O) groups excluding carboxylic acids is 2. The molecule has 37 heavy (non-hydrogen) atoms. The summed E-state index contributed by atoms with van der Waals surface area (Å²) in [6, 6.07) is 15.8. The summed E-state index contributed by atoms with van der Waals surface area (Å²) >= 11 is 0. The number of aryl methyl sites for hydroxylation is 2. The maximum absolute atomic E-state index is 13.6. The Bertz CT molecular complexity index is 1640. The summed E-state index contributed by atoms with van der Waals surface area (Å²) in [6.07, 6.45) is 1.32. The molecular weight excluding hydrogens is 490 g/mol. The number of fused-ring (bicyclic) bond motifs is 1. The Hall–Kier alpha value is -4.05. The second kappa shape index (κ2) is 9.44. The van der Waals surface area contributed by atoms with Crippen LogP contribution in [-0.2, 0) is 16.3 Å². The van der Waals surface area contributed by atoms with E-state index in [1.165, 1.54) is 5.56 Å². The average molecular weight is 518 g/mol. The molecule has 0 radical (unpaired) electrons. The molecule has 1 aliphatic heterocycles. The zero-order chi connectivity index (χ0) is 26.3. The van der Waals surface area contributed by atoms with Crippen molar-refractivity contribution in [2.24, 2.45) is 5.73 Å². The van der Waals surface area contributed by atoms with Gasteiger partial charge in [0.1, 0.15) is 0 Å². The topological polar surface area (TPSA) is 137 Å². The van der Waals surface area contributed by atoms with Gasteiger partial charge in [-0.3, -0.25) is 9.59 Å². The highest BCUT2D eigenvalue weighted by Crippen LogP contribution is 2.32. The van der Waals surface area contributed by atoms with Crippen LogP contribution >= 0.6 is 0 Å². The van der Waals surface area contributed by atoms with Gasteiger partial charge >= 0.3 is 0 Å². The van der Waals surface area contributed by atoms with Crippen molar-refractivity contribution < 1.29 is 18.0 Å². The Labute approximate surface area is 214 Å². The van der Waals surface area contributed by atoms with E-state index in [-0.39, 0.29) is 23.1 Å². The lowest BCUT2D eigenvalue weighted by Gasteiger charge is -2.13. The van der Waals surface area contributed by atoms with Gasteiger partial charge in [0.05, 0.1) is 51.1 Å². The van der Waals surface area contributed by atoms with Crippen molar-refractivity contribution >= 4 is 38.4 Å². The molecule has 5 rings (SSSR count). The first-order valence-corrected chi connectivity index (χ1v) is 13.9. The van der Waals surface area contributed by atoms with Crippen LogP contribution in [0.4, 0.5) is 5.69 Å². The predicted octanol–water partition coefficient (Wildman–Crippen LogP) is 3.68. The van der Waals surface area contributed by atoms with Crippen LogP contribution in [0.5, 0.6) is 0 Å². The largest absolute Gasteiger partial charge is 0.366 e. The molecule has 3 N–H and O–H groups in total. The summed E-state index contributed by atoms with van der Waals surface area (Å²) in [6.45, 7) is 3.84. The lowest BCUT2D eigenvalue weighted by molar-refractivity contribution is 0.100. The van der Waals surface area contributed by atoms with Crippen molar-refractivity contribution in [2.45, 2.75) is 32.7 Å². The number of pyridine rings is 1. The fraction of sp³-hybridized carbons (Fsp3) is 0.259. The maximum Gasteiger partial charge on any atom is 0.256 e. The molecule has 9 nitrogen and oxygen atoms in total. The standard InChI is InChI=1S/C27H27N5O4S/c1-3-17-8-10-18(11-9-17)23-14-21(27(34)30-22-7-5-4-6-20(22)25(28)33)24-16(2)31-32(26(24)29-23)19-12-13-37(35,36)15-19/h4-11,14,19H,3,12-13,15H2,1-2H3,(H2,28,33)(H,30,34). The number of primary amides is 1. The summed E-state index contributed by atoms with van der Waals surface area (Å²) in [5.41, 5.74) is 9.87. The number of anilines is 1. The number of nitrogens with zero attached hydrogens (tertiary/aromatic N) is 3. The second-order valence-electron chi connectivity index (χ2n) is 9.25. The number of para-hydroxylation sites is 1. The summed E-state index contributed by atoms with van der Waals surface area (Å²) in [7, 11) is -3.16. The Balaban J connectivity index is 1.67. The van der Waals surface area contributed by atoms with Gasteiger partial charge in [0.25, 0.3) is 11.8 Å². The van der Waals surface area contributed by atoms with Gasteiger partial charge in [0.2, 0.25) is 0 Å². The number of hydrogen-bond donors (Lipinski definition) is 2. The van der Waals surface area contributed by atoms with Crippen molar-refractivity contribution in [3.05, 3.63) is 77.0 Å². The molecule has 2 aromatic carbocycles.